The first-order valence-electron chi connectivity index (χ1n) is 4.30. The monoisotopic (exact) mass is 291 g/mol. The second-order valence-corrected chi connectivity index (χ2v) is 4.57. The maximum absolute atomic E-state index is 11.4. The molecule has 15 heavy (non-hydrogen) atoms. The molecule has 1 unspecified atom stereocenters. The van der Waals surface area contributed by atoms with Crippen LogP contribution in [0.5, 0.6) is 0 Å². The highest BCUT2D eigenvalue weighted by molar-refractivity contribution is 9.10. The smallest absolute Gasteiger partial charge is 0.165 e. The van der Waals surface area contributed by atoms with Crippen LogP contribution in [0.15, 0.2) is 16.7 Å². The lowest BCUT2D eigenvalue weighted by molar-refractivity contribution is 0.0987. The third-order valence-corrected chi connectivity index (χ3v) is 2.95. The van der Waals surface area contributed by atoms with Crippen molar-refractivity contribution in [3.05, 3.63) is 28.0 Å². The van der Waals surface area contributed by atoms with Gasteiger partial charge in [-0.1, -0.05) is 6.92 Å². The summed E-state index contributed by atoms with van der Waals surface area (Å²) in [5.74, 6) is -0.0369. The molecule has 6 heteroatoms. The number of hydrogen-bond acceptors (Lipinski definition) is 3. The lowest BCUT2D eigenvalue weighted by Crippen LogP contribution is -2.03. The first-order chi connectivity index (χ1) is 7.04. The minimum absolute atomic E-state index is 0.00829. The number of pyridine rings is 1. The van der Waals surface area contributed by atoms with E-state index in [1.165, 1.54) is 0 Å². The minimum atomic E-state index is -1.91. The summed E-state index contributed by atoms with van der Waals surface area (Å²) in [5, 5.41) is 0. The average molecular weight is 292 g/mol. The fourth-order valence-electron chi connectivity index (χ4n) is 1.08. The van der Waals surface area contributed by atoms with Crippen LogP contribution in [-0.2, 0) is 16.8 Å². The summed E-state index contributed by atoms with van der Waals surface area (Å²) in [6.45, 7) is 1.77. The molecule has 1 aromatic heterocycles. The molecule has 1 aromatic rings. The van der Waals surface area contributed by atoms with Crippen molar-refractivity contribution in [2.45, 2.75) is 19.1 Å². The van der Waals surface area contributed by atoms with Crippen molar-refractivity contribution in [3.63, 3.8) is 0 Å². The van der Waals surface area contributed by atoms with E-state index in [0.29, 0.717) is 22.3 Å². The van der Waals surface area contributed by atoms with Crippen LogP contribution in [0, 0.1) is 0 Å². The highest BCUT2D eigenvalue weighted by Crippen LogP contribution is 2.17. The summed E-state index contributed by atoms with van der Waals surface area (Å²) in [6, 6.07) is 3.20. The Morgan fingerprint density at radius 3 is 2.73 bits per heavy atom. The van der Waals surface area contributed by atoms with Gasteiger partial charge in [0.2, 0.25) is 0 Å². The number of hydrogen-bond donors (Lipinski definition) is 1. The molecule has 0 saturated heterocycles. The third-order valence-electron chi connectivity index (χ3n) is 1.80. The standard InChI is InChI=1S/C9H10BrNO3S/c1-2-8(12)7-4-3-6(5-15(13)14)11-9(7)10/h3-4H,2,5H2,1H3,(H,13,14). The van der Waals surface area contributed by atoms with Crippen molar-refractivity contribution in [2.24, 2.45) is 0 Å². The summed E-state index contributed by atoms with van der Waals surface area (Å²) in [5.41, 5.74) is 0.986. The highest BCUT2D eigenvalue weighted by Gasteiger charge is 2.10. The molecule has 1 rings (SSSR count). The zero-order valence-corrected chi connectivity index (χ0v) is 10.5. The van der Waals surface area contributed by atoms with Gasteiger partial charge in [0.25, 0.3) is 0 Å². The van der Waals surface area contributed by atoms with Gasteiger partial charge in [0.05, 0.1) is 17.0 Å². The Bertz CT molecular complexity index is 408. The molecule has 1 N–H and O–H groups in total. The molecule has 82 valence electrons. The van der Waals surface area contributed by atoms with Gasteiger partial charge >= 0.3 is 0 Å². The van der Waals surface area contributed by atoms with Gasteiger partial charge in [0, 0.05) is 6.42 Å². The highest BCUT2D eigenvalue weighted by atomic mass is 79.9. The molecule has 0 aliphatic heterocycles. The van der Waals surface area contributed by atoms with Crippen molar-refractivity contribution in [3.8, 4) is 0 Å². The van der Waals surface area contributed by atoms with E-state index in [4.69, 9.17) is 4.55 Å². The van der Waals surface area contributed by atoms with Crippen molar-refractivity contribution in [2.75, 3.05) is 0 Å². The first kappa shape index (κ1) is 12.5. The molecule has 0 aliphatic rings. The van der Waals surface area contributed by atoms with Crippen molar-refractivity contribution >= 4 is 32.8 Å². The van der Waals surface area contributed by atoms with Gasteiger partial charge in [-0.05, 0) is 28.1 Å². The summed E-state index contributed by atoms with van der Waals surface area (Å²) >= 11 is 1.25. The van der Waals surface area contributed by atoms with E-state index in [-0.39, 0.29) is 11.5 Å². The van der Waals surface area contributed by atoms with E-state index in [2.05, 4.69) is 20.9 Å². The van der Waals surface area contributed by atoms with Crippen LogP contribution in [0.4, 0.5) is 0 Å². The predicted molar refractivity (Wildman–Crippen MR) is 61.0 cm³/mol. The van der Waals surface area contributed by atoms with Gasteiger partial charge in [-0.2, -0.15) is 0 Å². The van der Waals surface area contributed by atoms with Gasteiger partial charge in [-0.25, -0.2) is 9.19 Å². The Balaban J connectivity index is 2.97. The number of rotatable bonds is 4. The third kappa shape index (κ3) is 3.48. The van der Waals surface area contributed by atoms with Crippen molar-refractivity contribution in [1.82, 2.24) is 4.98 Å². The molecule has 0 radical (unpaired) electrons. The van der Waals surface area contributed by atoms with E-state index in [0.717, 1.165) is 0 Å². The van der Waals surface area contributed by atoms with Crippen LogP contribution >= 0.6 is 15.9 Å². The van der Waals surface area contributed by atoms with Crippen LogP contribution in [-0.4, -0.2) is 19.5 Å². The number of Topliss-reactive ketones (excluding diaryl/α,β-unsaturated/α-hetero) is 1. The zero-order chi connectivity index (χ0) is 11.4. The molecule has 1 atom stereocenters. The lowest BCUT2D eigenvalue weighted by atomic mass is 10.1. The summed E-state index contributed by atoms with van der Waals surface area (Å²) in [6.07, 6.45) is 0.408. The Labute approximate surface area is 98.5 Å². The SMILES string of the molecule is CCC(=O)c1ccc(CS(=O)O)nc1Br. The van der Waals surface area contributed by atoms with Crippen LogP contribution in [0.25, 0.3) is 0 Å². The van der Waals surface area contributed by atoms with Crippen LogP contribution in [0.2, 0.25) is 0 Å². The maximum atomic E-state index is 11.4. The number of carbonyl (C=O) groups is 1. The average Bonchev–Trinajstić information content (AvgIpc) is 2.16. The first-order valence-corrected chi connectivity index (χ1v) is 6.37. The number of nitrogens with zero attached hydrogens (tertiary/aromatic N) is 1. The summed E-state index contributed by atoms with van der Waals surface area (Å²) in [4.78, 5) is 15.4. The molecule has 1 heterocycles. The topological polar surface area (TPSA) is 67.3 Å². The van der Waals surface area contributed by atoms with E-state index < -0.39 is 11.1 Å². The van der Waals surface area contributed by atoms with Crippen LogP contribution in [0.1, 0.15) is 29.4 Å². The molecule has 0 amide bonds. The predicted octanol–water partition coefficient (Wildman–Crippen LogP) is 2.16. The largest absolute Gasteiger partial charge is 0.306 e. The minimum Gasteiger partial charge on any atom is -0.306 e. The number of carbonyl (C=O) groups excluding carboxylic acids is 1. The molecular weight excluding hydrogens is 282 g/mol. The second kappa shape index (κ2) is 5.48. The maximum Gasteiger partial charge on any atom is 0.165 e. The molecule has 0 fully saturated rings. The van der Waals surface area contributed by atoms with Gasteiger partial charge < -0.3 is 4.55 Å². The quantitative estimate of drug-likeness (QED) is 0.524. The van der Waals surface area contributed by atoms with E-state index in [1.54, 1.807) is 19.1 Å². The zero-order valence-electron chi connectivity index (χ0n) is 8.07. The van der Waals surface area contributed by atoms with Crippen LogP contribution < -0.4 is 0 Å². The summed E-state index contributed by atoms with van der Waals surface area (Å²) < 4.78 is 19.6. The molecule has 0 aromatic carbocycles. The van der Waals surface area contributed by atoms with E-state index >= 15 is 0 Å². The fraction of sp³-hybridized carbons (Fsp3) is 0.333. The number of aromatic nitrogens is 1. The Hall–Kier alpha value is -0.590. The normalized spacial score (nSPS) is 12.5. The van der Waals surface area contributed by atoms with Crippen LogP contribution in [0.3, 0.4) is 0 Å². The molecule has 4 nitrogen and oxygen atoms in total. The fourth-order valence-corrected chi connectivity index (χ4v) is 2.07. The molecule has 0 aliphatic carbocycles. The second-order valence-electron chi connectivity index (χ2n) is 2.88. The lowest BCUT2D eigenvalue weighted by Gasteiger charge is -2.03. The van der Waals surface area contributed by atoms with Gasteiger partial charge in [0.15, 0.2) is 16.9 Å². The summed E-state index contributed by atoms with van der Waals surface area (Å²) in [7, 11) is 0. The van der Waals surface area contributed by atoms with Gasteiger partial charge in [-0.15, -0.1) is 0 Å². The Morgan fingerprint density at radius 1 is 1.60 bits per heavy atom. The molecule has 0 saturated carbocycles. The van der Waals surface area contributed by atoms with E-state index in [9.17, 15) is 9.00 Å². The van der Waals surface area contributed by atoms with E-state index in [1.807, 2.05) is 0 Å². The Kier molecular flexibility index (Phi) is 4.56. The Morgan fingerprint density at radius 2 is 2.27 bits per heavy atom. The van der Waals surface area contributed by atoms with Crippen molar-refractivity contribution < 1.29 is 13.6 Å². The number of halogens is 1. The molecule has 0 bridgehead atoms. The van der Waals surface area contributed by atoms with Crippen molar-refractivity contribution in [1.29, 1.82) is 0 Å². The molecule has 0 spiro atoms. The number of ketones is 1. The molecular formula is C9H10BrNO3S. The van der Waals surface area contributed by atoms with Gasteiger partial charge in [0.1, 0.15) is 4.60 Å². The van der Waals surface area contributed by atoms with Gasteiger partial charge in [-0.3, -0.25) is 4.79 Å².